The molecule has 3 rings (SSSR count). The predicted octanol–water partition coefficient (Wildman–Crippen LogP) is 3.75. The quantitative estimate of drug-likeness (QED) is 0.613. The van der Waals surface area contributed by atoms with E-state index < -0.39 is 23.7 Å². The molecule has 0 aromatic heterocycles. The van der Waals surface area contributed by atoms with Crippen molar-refractivity contribution in [3.05, 3.63) is 71.8 Å². The van der Waals surface area contributed by atoms with Crippen molar-refractivity contribution in [1.82, 2.24) is 4.90 Å². The van der Waals surface area contributed by atoms with Crippen molar-refractivity contribution in [1.29, 1.82) is 0 Å². The largest absolute Gasteiger partial charge is 0.480 e. The fraction of sp³-hybridized carbons (Fsp3) is 0.348. The van der Waals surface area contributed by atoms with Crippen LogP contribution in [0, 0.1) is 5.92 Å². The third-order valence-electron chi connectivity index (χ3n) is 5.61. The number of carboxylic acid groups (broad SMARTS) is 1. The summed E-state index contributed by atoms with van der Waals surface area (Å²) in [4.78, 5) is 39.0. The summed E-state index contributed by atoms with van der Waals surface area (Å²) in [6.07, 6.45) is 2.17. The second-order valence-electron chi connectivity index (χ2n) is 7.21. The number of likely N-dealkylation sites (tertiary alicyclic amines) is 1. The number of benzene rings is 2. The van der Waals surface area contributed by atoms with Crippen molar-refractivity contribution < 1.29 is 19.5 Å². The van der Waals surface area contributed by atoms with Crippen LogP contribution in [0.15, 0.2) is 60.7 Å². The summed E-state index contributed by atoms with van der Waals surface area (Å²) in [6, 6.07) is 17.1. The van der Waals surface area contributed by atoms with Crippen molar-refractivity contribution in [3.63, 3.8) is 0 Å². The molecule has 2 aromatic rings. The first-order valence-corrected chi connectivity index (χ1v) is 9.72. The number of hydrogen-bond donors (Lipinski definition) is 1. The zero-order valence-electron chi connectivity index (χ0n) is 16.0. The molecule has 0 aliphatic carbocycles. The second kappa shape index (κ2) is 8.83. The van der Waals surface area contributed by atoms with Crippen LogP contribution in [-0.2, 0) is 9.59 Å². The van der Waals surface area contributed by atoms with Crippen LogP contribution in [0.2, 0.25) is 0 Å². The lowest BCUT2D eigenvalue weighted by Gasteiger charge is -2.42. The van der Waals surface area contributed by atoms with Gasteiger partial charge < -0.3 is 10.0 Å². The lowest BCUT2D eigenvalue weighted by molar-refractivity contribution is -0.153. The lowest BCUT2D eigenvalue weighted by Crippen LogP contribution is -2.55. The number of piperidine rings is 1. The number of hydrogen-bond acceptors (Lipinski definition) is 3. The van der Waals surface area contributed by atoms with Gasteiger partial charge in [-0.05, 0) is 36.7 Å². The van der Waals surface area contributed by atoms with E-state index in [2.05, 4.69) is 0 Å². The Morgan fingerprint density at radius 1 is 1.04 bits per heavy atom. The number of ketones is 1. The molecule has 0 radical (unpaired) electrons. The second-order valence-corrected chi connectivity index (χ2v) is 7.21. The first-order chi connectivity index (χ1) is 13.5. The van der Waals surface area contributed by atoms with Crippen molar-refractivity contribution in [2.75, 3.05) is 6.54 Å². The van der Waals surface area contributed by atoms with E-state index in [0.717, 1.165) is 12.0 Å². The summed E-state index contributed by atoms with van der Waals surface area (Å²) in [5.41, 5.74) is 1.36. The van der Waals surface area contributed by atoms with Crippen LogP contribution in [0.25, 0.3) is 0 Å². The van der Waals surface area contributed by atoms with Gasteiger partial charge in [0.25, 0.3) is 5.91 Å². The van der Waals surface area contributed by atoms with Gasteiger partial charge in [-0.2, -0.15) is 0 Å². The van der Waals surface area contributed by atoms with E-state index in [1.165, 1.54) is 4.90 Å². The molecular formula is C23H25NO4. The molecule has 1 aliphatic rings. The number of carbonyl (C=O) groups excluding carboxylic acids is 2. The van der Waals surface area contributed by atoms with E-state index in [-0.39, 0.29) is 23.9 Å². The van der Waals surface area contributed by atoms with E-state index in [4.69, 9.17) is 0 Å². The minimum atomic E-state index is -1.05. The Hall–Kier alpha value is -2.95. The van der Waals surface area contributed by atoms with Crippen LogP contribution in [0.5, 0.6) is 0 Å². The minimum Gasteiger partial charge on any atom is -0.480 e. The van der Waals surface area contributed by atoms with Crippen LogP contribution in [-0.4, -0.2) is 40.3 Å². The Morgan fingerprint density at radius 2 is 1.64 bits per heavy atom. The van der Waals surface area contributed by atoms with Gasteiger partial charge in [-0.25, -0.2) is 4.79 Å². The standard InChI is InChI=1S/C23H25NO4/c1-2-18(16-10-5-3-6-11-16)19-14-9-15-24(20(19)23(27)28)22(26)21(25)17-12-7-4-8-13-17/h3-8,10-13,18-20H,2,9,14-15H2,1H3,(H,27,28). The zero-order valence-corrected chi connectivity index (χ0v) is 16.0. The minimum absolute atomic E-state index is 0.0183. The van der Waals surface area contributed by atoms with E-state index in [9.17, 15) is 19.5 Å². The maximum Gasteiger partial charge on any atom is 0.326 e. The summed E-state index contributed by atoms with van der Waals surface area (Å²) in [5, 5.41) is 9.97. The maximum absolute atomic E-state index is 12.9. The van der Waals surface area contributed by atoms with Gasteiger partial charge in [0.2, 0.25) is 5.78 Å². The topological polar surface area (TPSA) is 74.7 Å². The summed E-state index contributed by atoms with van der Waals surface area (Å²) in [6.45, 7) is 2.32. The van der Waals surface area contributed by atoms with Gasteiger partial charge in [-0.1, -0.05) is 67.6 Å². The number of aliphatic carboxylic acids is 1. The van der Waals surface area contributed by atoms with Gasteiger partial charge in [0, 0.05) is 12.1 Å². The van der Waals surface area contributed by atoms with Gasteiger partial charge >= 0.3 is 5.97 Å². The highest BCUT2D eigenvalue weighted by atomic mass is 16.4. The van der Waals surface area contributed by atoms with Crippen LogP contribution in [0.3, 0.4) is 0 Å². The number of carboxylic acids is 1. The first-order valence-electron chi connectivity index (χ1n) is 9.72. The molecule has 2 aromatic carbocycles. The Labute approximate surface area is 165 Å². The Balaban J connectivity index is 1.91. The molecule has 3 unspecified atom stereocenters. The number of carbonyl (C=O) groups is 3. The molecule has 1 amide bonds. The van der Waals surface area contributed by atoms with Crippen LogP contribution >= 0.6 is 0 Å². The molecule has 0 saturated carbocycles. The number of Topliss-reactive ketones (excluding diaryl/α,β-unsaturated/α-hetero) is 1. The highest BCUT2D eigenvalue weighted by molar-refractivity contribution is 6.43. The molecule has 28 heavy (non-hydrogen) atoms. The number of amides is 1. The summed E-state index contributed by atoms with van der Waals surface area (Å²) in [5.74, 6) is -2.64. The molecule has 1 fully saturated rings. The molecule has 0 bridgehead atoms. The number of rotatable bonds is 6. The van der Waals surface area contributed by atoms with E-state index in [1.54, 1.807) is 30.3 Å². The molecule has 1 N–H and O–H groups in total. The normalized spacial score (nSPS) is 20.4. The molecule has 5 heteroatoms. The third kappa shape index (κ3) is 3.98. The average molecular weight is 379 g/mol. The van der Waals surface area contributed by atoms with Crippen molar-refractivity contribution >= 4 is 17.7 Å². The summed E-state index contributed by atoms with van der Waals surface area (Å²) >= 11 is 0. The highest BCUT2D eigenvalue weighted by Crippen LogP contribution is 2.38. The first kappa shape index (κ1) is 19.8. The molecule has 1 heterocycles. The average Bonchev–Trinajstić information content (AvgIpc) is 2.74. The zero-order chi connectivity index (χ0) is 20.1. The summed E-state index contributed by atoms with van der Waals surface area (Å²) in [7, 11) is 0. The molecule has 0 spiro atoms. The molecule has 1 saturated heterocycles. The lowest BCUT2D eigenvalue weighted by atomic mass is 9.74. The maximum atomic E-state index is 12.9. The molecular weight excluding hydrogens is 354 g/mol. The van der Waals surface area contributed by atoms with Gasteiger partial charge in [0.05, 0.1) is 0 Å². The van der Waals surface area contributed by atoms with E-state index in [1.807, 2.05) is 37.3 Å². The Bertz CT molecular complexity index is 834. The molecule has 146 valence electrons. The number of nitrogens with zero attached hydrogens (tertiary/aromatic N) is 1. The van der Waals surface area contributed by atoms with E-state index in [0.29, 0.717) is 12.8 Å². The third-order valence-corrected chi connectivity index (χ3v) is 5.61. The van der Waals surface area contributed by atoms with Crippen molar-refractivity contribution in [2.45, 2.75) is 38.1 Å². The predicted molar refractivity (Wildman–Crippen MR) is 106 cm³/mol. The van der Waals surface area contributed by atoms with Gasteiger partial charge in [-0.3, -0.25) is 9.59 Å². The van der Waals surface area contributed by atoms with Crippen molar-refractivity contribution in [3.8, 4) is 0 Å². The molecule has 1 aliphatic heterocycles. The van der Waals surface area contributed by atoms with Crippen LogP contribution < -0.4 is 0 Å². The highest BCUT2D eigenvalue weighted by Gasteiger charge is 2.44. The van der Waals surface area contributed by atoms with Gasteiger partial charge in [0.15, 0.2) is 0 Å². The van der Waals surface area contributed by atoms with E-state index >= 15 is 0 Å². The molecule has 5 nitrogen and oxygen atoms in total. The molecule has 3 atom stereocenters. The Morgan fingerprint density at radius 3 is 2.21 bits per heavy atom. The van der Waals surface area contributed by atoms with Gasteiger partial charge in [-0.15, -0.1) is 0 Å². The monoisotopic (exact) mass is 379 g/mol. The Kier molecular flexibility index (Phi) is 6.24. The smallest absolute Gasteiger partial charge is 0.326 e. The van der Waals surface area contributed by atoms with Crippen LogP contribution in [0.1, 0.15) is 48.0 Å². The fourth-order valence-corrected chi connectivity index (χ4v) is 4.32. The fourth-order valence-electron chi connectivity index (χ4n) is 4.32. The summed E-state index contributed by atoms with van der Waals surface area (Å²) < 4.78 is 0. The SMILES string of the molecule is CCC(c1ccccc1)C1CCCN(C(=O)C(=O)c2ccccc2)C1C(=O)O. The van der Waals surface area contributed by atoms with Crippen molar-refractivity contribution in [2.24, 2.45) is 5.92 Å². The van der Waals surface area contributed by atoms with Crippen LogP contribution in [0.4, 0.5) is 0 Å². The van der Waals surface area contributed by atoms with Gasteiger partial charge in [0.1, 0.15) is 6.04 Å².